The number of alkyl carbamates (subject to hydrolysis) is 1. The summed E-state index contributed by atoms with van der Waals surface area (Å²) < 4.78 is 6.35. The van der Waals surface area contributed by atoms with Crippen LogP contribution in [0.1, 0.15) is 71.8 Å². The Morgan fingerprint density at radius 1 is 1.23 bits per heavy atom. The summed E-state index contributed by atoms with van der Waals surface area (Å²) in [5.74, 6) is -2.03. The second kappa shape index (κ2) is 12.3. The number of carbonyl (C=O) groups is 4. The van der Waals surface area contributed by atoms with Crippen molar-refractivity contribution in [2.24, 2.45) is 5.92 Å². The third-order valence-electron chi connectivity index (χ3n) is 7.88. The molecule has 15 heteroatoms. The number of nitrogens with one attached hydrogen (secondary N) is 2. The molecule has 1 saturated carbocycles. The number of carboxylic acids is 1. The fourth-order valence-corrected chi connectivity index (χ4v) is 6.92. The molecular weight excluding hydrogens is 642 g/mol. The van der Waals surface area contributed by atoms with Crippen LogP contribution in [-0.2, 0) is 19.1 Å². The minimum atomic E-state index is -1.42. The van der Waals surface area contributed by atoms with Crippen LogP contribution in [0, 0.1) is 5.92 Å². The molecule has 5 rings (SSSR count). The Morgan fingerprint density at radius 2 is 2.02 bits per heavy atom. The maximum atomic E-state index is 14.1. The van der Waals surface area contributed by atoms with Crippen LogP contribution in [-0.4, -0.2) is 83.9 Å². The van der Waals surface area contributed by atoms with Gasteiger partial charge in [-0.15, -0.1) is 21.5 Å². The number of rotatable bonds is 4. The minimum Gasteiger partial charge on any atom is -0.479 e. The number of aliphatic carboxylic acids is 1. The number of hydrogen-bond donors (Lipinski definition) is 3. The average molecular weight is 679 g/mol. The topological polar surface area (TPSA) is 169 Å². The zero-order chi connectivity index (χ0) is 30.9. The summed E-state index contributed by atoms with van der Waals surface area (Å²) in [6, 6.07) is 1.31. The van der Waals surface area contributed by atoms with E-state index in [1.54, 1.807) is 20.8 Å². The number of nitrogens with zero attached hydrogens (tertiary/aromatic N) is 5. The van der Waals surface area contributed by atoms with Crippen molar-refractivity contribution < 1.29 is 29.0 Å². The van der Waals surface area contributed by atoms with E-state index in [4.69, 9.17) is 4.74 Å². The van der Waals surface area contributed by atoms with Gasteiger partial charge in [0.25, 0.3) is 0 Å². The maximum absolute atomic E-state index is 14.1. The number of ether oxygens (including phenoxy) is 1. The van der Waals surface area contributed by atoms with Crippen molar-refractivity contribution >= 4 is 51.1 Å². The summed E-state index contributed by atoms with van der Waals surface area (Å²) >= 11 is 4.88. The zero-order valence-electron chi connectivity index (χ0n) is 24.3. The number of amides is 3. The standard InChI is InChI=1S/C28H36BrN7O6S/c1-27(2,3)42-26(41)30-18-10-8-6-4-5-7-9-16-14-28(16,25(39)40)31-23(37)19-13-17(15-35(19)24(18)38)36-33-22(32-34-36)20-11-12-21(29)43-20/h7,9,11-12,16-19H,4-6,8,10,13-15H2,1-3H3,(H,30,41)(H,31,37)(H,39,40)/b9-7-/t16-,17+,18-,19+,28+/m1/s1. The molecule has 1 aliphatic carbocycles. The first-order valence-corrected chi connectivity index (χ1v) is 16.0. The molecule has 13 nitrogen and oxygen atoms in total. The van der Waals surface area contributed by atoms with E-state index in [2.05, 4.69) is 42.0 Å². The van der Waals surface area contributed by atoms with Gasteiger partial charge in [-0.25, -0.2) is 9.59 Å². The van der Waals surface area contributed by atoms with E-state index in [0.29, 0.717) is 18.7 Å². The minimum absolute atomic E-state index is 0.0801. The monoisotopic (exact) mass is 677 g/mol. The summed E-state index contributed by atoms with van der Waals surface area (Å²) in [7, 11) is 0. The Hall–Kier alpha value is -3.33. The second-order valence-electron chi connectivity index (χ2n) is 12.3. The first-order chi connectivity index (χ1) is 20.4. The van der Waals surface area contributed by atoms with Crippen LogP contribution in [0.5, 0.6) is 0 Å². The van der Waals surface area contributed by atoms with Crippen LogP contribution in [0.3, 0.4) is 0 Å². The fraction of sp³-hybridized carbons (Fsp3) is 0.607. The number of fused-ring (bicyclic) bond motifs is 2. The van der Waals surface area contributed by atoms with Crippen molar-refractivity contribution in [3.63, 3.8) is 0 Å². The number of aromatic nitrogens is 4. The molecule has 1 saturated heterocycles. The molecule has 43 heavy (non-hydrogen) atoms. The summed E-state index contributed by atoms with van der Waals surface area (Å²) in [6.07, 6.45) is 6.97. The van der Waals surface area contributed by atoms with Crippen molar-refractivity contribution in [3.8, 4) is 10.7 Å². The first-order valence-electron chi connectivity index (χ1n) is 14.4. The van der Waals surface area contributed by atoms with Crippen LogP contribution in [0.2, 0.25) is 0 Å². The highest BCUT2D eigenvalue weighted by Crippen LogP contribution is 2.45. The third-order valence-corrected chi connectivity index (χ3v) is 9.50. The Morgan fingerprint density at radius 3 is 2.72 bits per heavy atom. The SMILES string of the molecule is CC(C)(C)OC(=O)N[C@@H]1CCCCC/C=C\[C@@H]2C[C@]2(C(=O)O)NC(=O)[C@@H]2C[C@H](n3nnc(-c4ccc(Br)s4)n3)CN2C1=O. The lowest BCUT2D eigenvalue weighted by molar-refractivity contribution is -0.145. The van der Waals surface area contributed by atoms with Gasteiger partial charge in [-0.05, 0) is 79.7 Å². The molecule has 3 N–H and O–H groups in total. The van der Waals surface area contributed by atoms with Crippen LogP contribution >= 0.6 is 27.3 Å². The average Bonchev–Trinajstić information content (AvgIpc) is 3.35. The van der Waals surface area contributed by atoms with Crippen molar-refractivity contribution in [2.75, 3.05) is 6.54 Å². The predicted octanol–water partition coefficient (Wildman–Crippen LogP) is 3.68. The number of halogens is 1. The van der Waals surface area contributed by atoms with Gasteiger partial charge in [0.2, 0.25) is 17.6 Å². The molecule has 4 heterocycles. The normalized spacial score (nSPS) is 29.0. The van der Waals surface area contributed by atoms with E-state index in [1.165, 1.54) is 21.0 Å². The van der Waals surface area contributed by atoms with Gasteiger partial charge in [0, 0.05) is 18.9 Å². The zero-order valence-corrected chi connectivity index (χ0v) is 26.7. The van der Waals surface area contributed by atoms with Gasteiger partial charge in [-0.1, -0.05) is 25.0 Å². The number of hydrogen-bond acceptors (Lipinski definition) is 9. The Balaban J connectivity index is 1.44. The van der Waals surface area contributed by atoms with Gasteiger partial charge in [0.05, 0.1) is 14.7 Å². The van der Waals surface area contributed by atoms with Gasteiger partial charge >= 0.3 is 12.1 Å². The van der Waals surface area contributed by atoms with E-state index in [-0.39, 0.29) is 25.3 Å². The van der Waals surface area contributed by atoms with Crippen LogP contribution in [0.15, 0.2) is 28.1 Å². The quantitative estimate of drug-likeness (QED) is 0.409. The number of tetrazole rings is 1. The largest absolute Gasteiger partial charge is 0.479 e. The Labute approximate surface area is 261 Å². The highest BCUT2D eigenvalue weighted by molar-refractivity contribution is 9.11. The molecule has 3 amide bonds. The Bertz CT molecular complexity index is 1420. The molecule has 2 aromatic heterocycles. The van der Waals surface area contributed by atoms with Gasteiger partial charge in [-0.2, -0.15) is 4.80 Å². The molecule has 0 radical (unpaired) electrons. The lowest BCUT2D eigenvalue weighted by atomic mass is 10.0. The highest BCUT2D eigenvalue weighted by atomic mass is 79.9. The maximum Gasteiger partial charge on any atom is 0.408 e. The molecule has 2 aliphatic heterocycles. The van der Waals surface area contributed by atoms with E-state index < -0.39 is 53.1 Å². The predicted molar refractivity (Wildman–Crippen MR) is 160 cm³/mol. The number of thiophene rings is 1. The third kappa shape index (κ3) is 7.08. The lowest BCUT2D eigenvalue weighted by Crippen LogP contribution is -2.56. The van der Waals surface area contributed by atoms with E-state index in [1.807, 2.05) is 24.3 Å². The molecule has 0 aromatic carbocycles. The van der Waals surface area contributed by atoms with E-state index in [0.717, 1.165) is 27.9 Å². The fourth-order valence-electron chi connectivity index (χ4n) is 5.61. The van der Waals surface area contributed by atoms with Crippen molar-refractivity contribution in [3.05, 3.63) is 28.1 Å². The van der Waals surface area contributed by atoms with Gasteiger partial charge in [0.1, 0.15) is 23.2 Å². The lowest BCUT2D eigenvalue weighted by Gasteiger charge is -2.30. The summed E-state index contributed by atoms with van der Waals surface area (Å²) in [6.45, 7) is 5.29. The molecule has 5 atom stereocenters. The van der Waals surface area contributed by atoms with Crippen LogP contribution < -0.4 is 10.6 Å². The van der Waals surface area contributed by atoms with Gasteiger partial charge in [-0.3, -0.25) is 9.59 Å². The molecule has 0 spiro atoms. The number of allylic oxidation sites excluding steroid dienone is 1. The van der Waals surface area contributed by atoms with Crippen molar-refractivity contribution in [1.29, 1.82) is 0 Å². The molecule has 2 fully saturated rings. The van der Waals surface area contributed by atoms with Gasteiger partial charge < -0.3 is 25.4 Å². The molecule has 0 unspecified atom stereocenters. The highest BCUT2D eigenvalue weighted by Gasteiger charge is 2.61. The van der Waals surface area contributed by atoms with Gasteiger partial charge in [0.15, 0.2) is 0 Å². The molecular formula is C28H36BrN7O6S. The van der Waals surface area contributed by atoms with E-state index in [9.17, 15) is 24.3 Å². The second-order valence-corrected chi connectivity index (χ2v) is 14.7. The Kier molecular flexibility index (Phi) is 8.93. The molecule has 3 aliphatic rings. The first kappa shape index (κ1) is 31.1. The summed E-state index contributed by atoms with van der Waals surface area (Å²) in [5.41, 5.74) is -2.18. The smallest absolute Gasteiger partial charge is 0.408 e. The molecule has 232 valence electrons. The van der Waals surface area contributed by atoms with Crippen LogP contribution in [0.4, 0.5) is 4.79 Å². The van der Waals surface area contributed by atoms with Crippen molar-refractivity contribution in [1.82, 2.24) is 35.7 Å². The van der Waals surface area contributed by atoms with Crippen LogP contribution in [0.25, 0.3) is 10.7 Å². The number of carboxylic acid groups (broad SMARTS) is 1. The molecule has 0 bridgehead atoms. The summed E-state index contributed by atoms with van der Waals surface area (Å²) in [5, 5.41) is 28.4. The molecule has 2 aromatic rings. The summed E-state index contributed by atoms with van der Waals surface area (Å²) in [4.78, 5) is 56.5. The number of carbonyl (C=O) groups excluding carboxylic acids is 3. The van der Waals surface area contributed by atoms with Crippen molar-refractivity contribution in [2.45, 2.75) is 95.0 Å². The van der Waals surface area contributed by atoms with E-state index >= 15 is 0 Å².